The van der Waals surface area contributed by atoms with Gasteiger partial charge in [0.1, 0.15) is 0 Å². The molecule has 1 aliphatic rings. The van der Waals surface area contributed by atoms with Crippen LogP contribution in [0.5, 0.6) is 0 Å². The van der Waals surface area contributed by atoms with Gasteiger partial charge in [-0.25, -0.2) is 4.79 Å². The average molecular weight is 317 g/mol. The van der Waals surface area contributed by atoms with Crippen molar-refractivity contribution in [3.05, 3.63) is 29.3 Å². The third-order valence-corrected chi connectivity index (χ3v) is 4.58. The second-order valence-electron chi connectivity index (χ2n) is 6.73. The van der Waals surface area contributed by atoms with Crippen LogP contribution in [0.25, 0.3) is 0 Å². The predicted octanol–water partition coefficient (Wildman–Crippen LogP) is 3.75. The summed E-state index contributed by atoms with van der Waals surface area (Å²) in [6, 6.07) is 6.65. The Balaban J connectivity index is 1.98. The monoisotopic (exact) mass is 317 g/mol. The first kappa shape index (κ1) is 17.6. The van der Waals surface area contributed by atoms with E-state index in [0.717, 1.165) is 45.6 Å². The minimum Gasteiger partial charge on any atom is -0.368 e. The summed E-state index contributed by atoms with van der Waals surface area (Å²) >= 11 is 0. The van der Waals surface area contributed by atoms with E-state index in [4.69, 9.17) is 0 Å². The Labute approximate surface area is 140 Å². The smallest absolute Gasteiger partial charge is 0.317 e. The fraction of sp³-hybridized carbons (Fsp3) is 0.632. The summed E-state index contributed by atoms with van der Waals surface area (Å²) in [5, 5.41) is 3.02. The average Bonchev–Trinajstić information content (AvgIpc) is 2.55. The quantitative estimate of drug-likeness (QED) is 0.840. The molecule has 0 bridgehead atoms. The lowest BCUT2D eigenvalue weighted by atomic mass is 9.97. The molecule has 2 amide bonds. The first-order chi connectivity index (χ1) is 11.0. The predicted molar refractivity (Wildman–Crippen MR) is 97.4 cm³/mol. The summed E-state index contributed by atoms with van der Waals surface area (Å²) in [7, 11) is 0. The van der Waals surface area contributed by atoms with Crippen molar-refractivity contribution in [1.29, 1.82) is 0 Å². The van der Waals surface area contributed by atoms with Crippen molar-refractivity contribution >= 4 is 11.7 Å². The lowest BCUT2D eigenvalue weighted by Gasteiger charge is -2.38. The van der Waals surface area contributed by atoms with Gasteiger partial charge < -0.3 is 15.1 Å². The maximum atomic E-state index is 12.2. The van der Waals surface area contributed by atoms with Gasteiger partial charge in [-0.05, 0) is 30.4 Å². The van der Waals surface area contributed by atoms with Gasteiger partial charge in [-0.2, -0.15) is 0 Å². The number of nitrogens with one attached hydrogen (secondary N) is 1. The maximum Gasteiger partial charge on any atom is 0.317 e. The van der Waals surface area contributed by atoms with Gasteiger partial charge in [-0.1, -0.05) is 45.4 Å². The van der Waals surface area contributed by atoms with Crippen molar-refractivity contribution in [3.63, 3.8) is 0 Å². The molecular weight excluding hydrogens is 286 g/mol. The molecule has 0 saturated carbocycles. The van der Waals surface area contributed by atoms with E-state index in [1.165, 1.54) is 16.8 Å². The summed E-state index contributed by atoms with van der Waals surface area (Å²) in [6.07, 6.45) is 2.16. The van der Waals surface area contributed by atoms with Crippen LogP contribution in [0, 0.1) is 6.92 Å². The fourth-order valence-electron chi connectivity index (χ4n) is 3.20. The molecule has 0 unspecified atom stereocenters. The molecule has 0 atom stereocenters. The van der Waals surface area contributed by atoms with Gasteiger partial charge >= 0.3 is 6.03 Å². The molecule has 128 valence electrons. The Morgan fingerprint density at radius 2 is 1.91 bits per heavy atom. The van der Waals surface area contributed by atoms with E-state index in [9.17, 15) is 4.79 Å². The van der Waals surface area contributed by atoms with E-state index in [1.807, 2.05) is 4.90 Å². The Morgan fingerprint density at radius 1 is 1.22 bits per heavy atom. The zero-order chi connectivity index (χ0) is 16.8. The minimum absolute atomic E-state index is 0.0898. The third kappa shape index (κ3) is 4.40. The van der Waals surface area contributed by atoms with Crippen LogP contribution in [0.2, 0.25) is 0 Å². The largest absolute Gasteiger partial charge is 0.368 e. The number of unbranched alkanes of at least 4 members (excludes halogenated alkanes) is 1. The lowest BCUT2D eigenvalue weighted by Crippen LogP contribution is -2.52. The molecule has 2 rings (SSSR count). The number of amides is 2. The van der Waals surface area contributed by atoms with Crippen molar-refractivity contribution in [3.8, 4) is 0 Å². The van der Waals surface area contributed by atoms with Crippen LogP contribution in [0.3, 0.4) is 0 Å². The Morgan fingerprint density at radius 3 is 2.52 bits per heavy atom. The van der Waals surface area contributed by atoms with Gasteiger partial charge in [0.05, 0.1) is 0 Å². The number of carbonyl (C=O) groups excluding carboxylic acids is 1. The van der Waals surface area contributed by atoms with Gasteiger partial charge in [0.15, 0.2) is 0 Å². The highest BCUT2D eigenvalue weighted by molar-refractivity contribution is 5.74. The number of hydrogen-bond acceptors (Lipinski definition) is 2. The van der Waals surface area contributed by atoms with Crippen molar-refractivity contribution in [2.24, 2.45) is 0 Å². The molecule has 1 aromatic carbocycles. The van der Waals surface area contributed by atoms with Crippen molar-refractivity contribution in [1.82, 2.24) is 10.2 Å². The van der Waals surface area contributed by atoms with Crippen LogP contribution in [0.4, 0.5) is 10.5 Å². The summed E-state index contributed by atoms with van der Waals surface area (Å²) in [4.78, 5) is 16.5. The molecular formula is C19H31N3O. The second kappa shape index (κ2) is 8.23. The molecule has 1 aromatic rings. The normalized spacial score (nSPS) is 15.2. The molecule has 23 heavy (non-hydrogen) atoms. The number of rotatable bonds is 5. The number of aryl methyl sites for hydroxylation is 1. The van der Waals surface area contributed by atoms with E-state index in [-0.39, 0.29) is 6.03 Å². The number of benzene rings is 1. The number of para-hydroxylation sites is 1. The second-order valence-corrected chi connectivity index (χ2v) is 6.73. The highest BCUT2D eigenvalue weighted by Gasteiger charge is 2.23. The molecule has 1 saturated heterocycles. The van der Waals surface area contributed by atoms with Gasteiger partial charge in [-0.15, -0.1) is 0 Å². The van der Waals surface area contributed by atoms with E-state index in [1.54, 1.807) is 0 Å². The topological polar surface area (TPSA) is 35.6 Å². The van der Waals surface area contributed by atoms with E-state index in [0.29, 0.717) is 5.92 Å². The standard InChI is InChI=1S/C19H31N3O/c1-5-6-10-20-19(23)22-13-11-21(12-14-22)18-16(4)8-7-9-17(18)15(2)3/h7-9,15H,5-6,10-14H2,1-4H3,(H,20,23). The maximum absolute atomic E-state index is 12.2. The summed E-state index contributed by atoms with van der Waals surface area (Å²) in [6.45, 7) is 13.0. The van der Waals surface area contributed by atoms with E-state index < -0.39 is 0 Å². The molecule has 1 aliphatic heterocycles. The van der Waals surface area contributed by atoms with Gasteiger partial charge in [-0.3, -0.25) is 0 Å². The Bertz CT molecular complexity index is 519. The number of piperazine rings is 1. The molecule has 0 radical (unpaired) electrons. The molecule has 1 N–H and O–H groups in total. The van der Waals surface area contributed by atoms with Crippen LogP contribution in [0.15, 0.2) is 18.2 Å². The molecule has 4 heteroatoms. The zero-order valence-electron chi connectivity index (χ0n) is 15.1. The zero-order valence-corrected chi connectivity index (χ0v) is 15.1. The minimum atomic E-state index is 0.0898. The molecule has 1 fully saturated rings. The first-order valence-corrected chi connectivity index (χ1v) is 8.91. The highest BCUT2D eigenvalue weighted by atomic mass is 16.2. The van der Waals surface area contributed by atoms with Crippen LogP contribution in [0.1, 0.15) is 50.7 Å². The van der Waals surface area contributed by atoms with Gasteiger partial charge in [0, 0.05) is 38.4 Å². The SMILES string of the molecule is CCCCNC(=O)N1CCN(c2c(C)cccc2C(C)C)CC1. The number of nitrogens with zero attached hydrogens (tertiary/aromatic N) is 2. The van der Waals surface area contributed by atoms with Gasteiger partial charge in [0.25, 0.3) is 0 Å². The third-order valence-electron chi connectivity index (χ3n) is 4.58. The summed E-state index contributed by atoms with van der Waals surface area (Å²) in [5.41, 5.74) is 4.11. The highest BCUT2D eigenvalue weighted by Crippen LogP contribution is 2.31. The molecule has 0 aliphatic carbocycles. The molecule has 0 spiro atoms. The fourth-order valence-corrected chi connectivity index (χ4v) is 3.20. The van der Waals surface area contributed by atoms with Gasteiger partial charge in [0.2, 0.25) is 0 Å². The molecule has 1 heterocycles. The number of urea groups is 1. The van der Waals surface area contributed by atoms with Crippen molar-refractivity contribution in [2.45, 2.75) is 46.5 Å². The number of hydrogen-bond donors (Lipinski definition) is 1. The number of anilines is 1. The number of carbonyl (C=O) groups is 1. The molecule has 4 nitrogen and oxygen atoms in total. The summed E-state index contributed by atoms with van der Waals surface area (Å²) < 4.78 is 0. The van der Waals surface area contributed by atoms with Crippen LogP contribution in [-0.4, -0.2) is 43.7 Å². The van der Waals surface area contributed by atoms with Crippen molar-refractivity contribution in [2.75, 3.05) is 37.6 Å². The first-order valence-electron chi connectivity index (χ1n) is 8.91. The van der Waals surface area contributed by atoms with Crippen LogP contribution in [-0.2, 0) is 0 Å². The molecule has 0 aromatic heterocycles. The van der Waals surface area contributed by atoms with Crippen LogP contribution >= 0.6 is 0 Å². The van der Waals surface area contributed by atoms with Crippen molar-refractivity contribution < 1.29 is 4.79 Å². The Hall–Kier alpha value is -1.71. The summed E-state index contributed by atoms with van der Waals surface area (Å²) in [5.74, 6) is 0.514. The lowest BCUT2D eigenvalue weighted by molar-refractivity contribution is 0.194. The Kier molecular flexibility index (Phi) is 6.31. The van der Waals surface area contributed by atoms with Crippen LogP contribution < -0.4 is 10.2 Å². The van der Waals surface area contributed by atoms with E-state index >= 15 is 0 Å². The van der Waals surface area contributed by atoms with E-state index in [2.05, 4.69) is 56.1 Å².